The number of ketones is 1. The van der Waals surface area contributed by atoms with E-state index in [4.69, 9.17) is 0 Å². The van der Waals surface area contributed by atoms with E-state index in [0.29, 0.717) is 11.5 Å². The Kier molecular flexibility index (Phi) is 4.36. The van der Waals surface area contributed by atoms with Crippen molar-refractivity contribution >= 4 is 11.4 Å². The minimum absolute atomic E-state index is 0.0774. The van der Waals surface area contributed by atoms with E-state index >= 15 is 0 Å². The van der Waals surface area contributed by atoms with Gasteiger partial charge < -0.3 is 5.11 Å². The van der Waals surface area contributed by atoms with Gasteiger partial charge in [-0.3, -0.25) is 4.79 Å². The molecule has 2 aliphatic rings. The van der Waals surface area contributed by atoms with Crippen LogP contribution in [0, 0.1) is 10.8 Å². The van der Waals surface area contributed by atoms with Gasteiger partial charge in [-0.15, -0.1) is 0 Å². The van der Waals surface area contributed by atoms with Crippen LogP contribution in [0.4, 0.5) is 0 Å². The molecule has 0 aliphatic heterocycles. The Labute approximate surface area is 146 Å². The van der Waals surface area contributed by atoms with Gasteiger partial charge in [0.15, 0.2) is 5.78 Å². The standard InChI is InChI=1S/C22H30O2/c1-5-7-11-22-13-16-12-17(23)8-9-18(16)19(22)15(3)20(24)21(4,14-22)10-6-2/h8-9,12,23H,5-7,10-11,13-14H2,1-4H3. The van der Waals surface area contributed by atoms with E-state index in [9.17, 15) is 9.90 Å². The fourth-order valence-electron chi connectivity index (χ4n) is 5.42. The van der Waals surface area contributed by atoms with Crippen LogP contribution in [0.2, 0.25) is 0 Å². The van der Waals surface area contributed by atoms with Gasteiger partial charge in [-0.05, 0) is 67.0 Å². The maximum absolute atomic E-state index is 13.2. The van der Waals surface area contributed by atoms with E-state index in [-0.39, 0.29) is 10.8 Å². The molecule has 3 rings (SSSR count). The van der Waals surface area contributed by atoms with Crippen LogP contribution in [0.3, 0.4) is 0 Å². The van der Waals surface area contributed by atoms with E-state index in [0.717, 1.165) is 37.7 Å². The van der Waals surface area contributed by atoms with E-state index in [2.05, 4.69) is 20.8 Å². The van der Waals surface area contributed by atoms with Gasteiger partial charge in [-0.1, -0.05) is 46.1 Å². The summed E-state index contributed by atoms with van der Waals surface area (Å²) in [7, 11) is 0. The Morgan fingerprint density at radius 2 is 1.92 bits per heavy atom. The average Bonchev–Trinajstić information content (AvgIpc) is 2.84. The third-order valence-corrected chi connectivity index (χ3v) is 6.22. The SMILES string of the molecule is CCCCC12Cc3cc(O)ccc3C1=C(C)C(=O)C(C)(CCC)C2. The number of phenols is 1. The third kappa shape index (κ3) is 2.51. The van der Waals surface area contributed by atoms with Gasteiger partial charge in [-0.2, -0.15) is 0 Å². The molecule has 0 amide bonds. The number of allylic oxidation sites excluding steroid dienone is 2. The Balaban J connectivity index is 2.17. The molecule has 1 N–H and O–H groups in total. The number of unbranched alkanes of at least 4 members (excludes halogenated alkanes) is 1. The molecule has 0 aromatic heterocycles. The van der Waals surface area contributed by atoms with Gasteiger partial charge in [0.25, 0.3) is 0 Å². The van der Waals surface area contributed by atoms with Crippen molar-refractivity contribution in [1.29, 1.82) is 0 Å². The maximum Gasteiger partial charge on any atom is 0.164 e. The van der Waals surface area contributed by atoms with Gasteiger partial charge in [0, 0.05) is 10.8 Å². The molecule has 0 spiro atoms. The zero-order valence-electron chi connectivity index (χ0n) is 15.5. The van der Waals surface area contributed by atoms with Crippen molar-refractivity contribution in [3.63, 3.8) is 0 Å². The number of fused-ring (bicyclic) bond motifs is 3. The normalized spacial score (nSPS) is 28.9. The molecule has 1 aromatic carbocycles. The van der Waals surface area contributed by atoms with Gasteiger partial charge in [0.05, 0.1) is 0 Å². The summed E-state index contributed by atoms with van der Waals surface area (Å²) in [5.41, 5.74) is 4.51. The summed E-state index contributed by atoms with van der Waals surface area (Å²) in [5.74, 6) is 0.673. The number of carbonyl (C=O) groups excluding carboxylic acids is 1. The molecule has 2 heteroatoms. The molecule has 0 bridgehead atoms. The predicted molar refractivity (Wildman–Crippen MR) is 99.0 cm³/mol. The zero-order valence-corrected chi connectivity index (χ0v) is 15.5. The molecule has 0 heterocycles. The Morgan fingerprint density at radius 3 is 2.58 bits per heavy atom. The van der Waals surface area contributed by atoms with Crippen LogP contribution in [-0.4, -0.2) is 10.9 Å². The van der Waals surface area contributed by atoms with Crippen LogP contribution in [0.1, 0.15) is 77.3 Å². The highest BCUT2D eigenvalue weighted by molar-refractivity contribution is 6.09. The lowest BCUT2D eigenvalue weighted by Gasteiger charge is -2.45. The first-order chi connectivity index (χ1) is 11.4. The molecule has 130 valence electrons. The highest BCUT2D eigenvalue weighted by atomic mass is 16.3. The maximum atomic E-state index is 13.2. The topological polar surface area (TPSA) is 37.3 Å². The van der Waals surface area contributed by atoms with Crippen LogP contribution in [0.15, 0.2) is 23.8 Å². The number of carbonyl (C=O) groups is 1. The van der Waals surface area contributed by atoms with Crippen molar-refractivity contribution in [2.24, 2.45) is 10.8 Å². The van der Waals surface area contributed by atoms with Gasteiger partial charge >= 0.3 is 0 Å². The number of benzene rings is 1. The lowest BCUT2D eigenvalue weighted by atomic mass is 9.57. The summed E-state index contributed by atoms with van der Waals surface area (Å²) in [6.45, 7) is 8.62. The Bertz CT molecular complexity index is 700. The number of phenolic OH excluding ortho intramolecular Hbond substituents is 1. The smallest absolute Gasteiger partial charge is 0.164 e. The summed E-state index contributed by atoms with van der Waals surface area (Å²) in [5, 5.41) is 9.91. The molecule has 0 radical (unpaired) electrons. The first-order valence-corrected chi connectivity index (χ1v) is 9.45. The summed E-state index contributed by atoms with van der Waals surface area (Å²) >= 11 is 0. The minimum atomic E-state index is -0.236. The molecule has 2 unspecified atom stereocenters. The molecule has 0 fully saturated rings. The molecule has 0 saturated carbocycles. The van der Waals surface area contributed by atoms with Crippen LogP contribution in [0.25, 0.3) is 5.57 Å². The summed E-state index contributed by atoms with van der Waals surface area (Å²) in [4.78, 5) is 13.2. The lowest BCUT2D eigenvalue weighted by molar-refractivity contribution is -0.126. The third-order valence-electron chi connectivity index (χ3n) is 6.22. The van der Waals surface area contributed by atoms with Crippen molar-refractivity contribution in [1.82, 2.24) is 0 Å². The number of aromatic hydroxyl groups is 1. The highest BCUT2D eigenvalue weighted by Crippen LogP contribution is 2.61. The molecule has 2 aliphatic carbocycles. The summed E-state index contributed by atoms with van der Waals surface area (Å²) in [6.07, 6.45) is 7.43. The van der Waals surface area contributed by atoms with Crippen molar-refractivity contribution < 1.29 is 9.90 Å². The second-order valence-corrected chi connectivity index (χ2v) is 8.22. The zero-order chi connectivity index (χ0) is 17.5. The molecular formula is C22H30O2. The van der Waals surface area contributed by atoms with Gasteiger partial charge in [-0.25, -0.2) is 0 Å². The predicted octanol–water partition coefficient (Wildman–Crippen LogP) is 5.68. The first-order valence-electron chi connectivity index (χ1n) is 9.45. The molecule has 0 saturated heterocycles. The Hall–Kier alpha value is -1.57. The molecule has 1 aromatic rings. The largest absolute Gasteiger partial charge is 0.508 e. The lowest BCUT2D eigenvalue weighted by Crippen LogP contribution is -2.41. The average molecular weight is 326 g/mol. The molecular weight excluding hydrogens is 296 g/mol. The number of hydrogen-bond acceptors (Lipinski definition) is 2. The fraction of sp³-hybridized carbons (Fsp3) is 0.591. The molecule has 2 atom stereocenters. The van der Waals surface area contributed by atoms with E-state index in [1.165, 1.54) is 29.5 Å². The van der Waals surface area contributed by atoms with Crippen molar-refractivity contribution in [2.45, 2.75) is 72.6 Å². The Morgan fingerprint density at radius 1 is 1.17 bits per heavy atom. The van der Waals surface area contributed by atoms with Crippen molar-refractivity contribution in [3.8, 4) is 5.75 Å². The highest BCUT2D eigenvalue weighted by Gasteiger charge is 2.53. The number of rotatable bonds is 5. The summed E-state index contributed by atoms with van der Waals surface area (Å²) < 4.78 is 0. The quantitative estimate of drug-likeness (QED) is 0.756. The van der Waals surface area contributed by atoms with Crippen LogP contribution in [0.5, 0.6) is 5.75 Å². The molecule has 2 nitrogen and oxygen atoms in total. The minimum Gasteiger partial charge on any atom is -0.508 e. The van der Waals surface area contributed by atoms with Crippen LogP contribution < -0.4 is 0 Å². The summed E-state index contributed by atoms with van der Waals surface area (Å²) in [6, 6.07) is 5.69. The van der Waals surface area contributed by atoms with Crippen molar-refractivity contribution in [3.05, 3.63) is 34.9 Å². The van der Waals surface area contributed by atoms with Crippen LogP contribution in [-0.2, 0) is 11.2 Å². The van der Waals surface area contributed by atoms with Gasteiger partial charge in [0.2, 0.25) is 0 Å². The van der Waals surface area contributed by atoms with E-state index in [1.54, 1.807) is 6.07 Å². The first kappa shape index (κ1) is 17.3. The van der Waals surface area contributed by atoms with Gasteiger partial charge in [0.1, 0.15) is 5.75 Å². The fourth-order valence-corrected chi connectivity index (χ4v) is 5.42. The van der Waals surface area contributed by atoms with E-state index < -0.39 is 0 Å². The molecule has 24 heavy (non-hydrogen) atoms. The van der Waals surface area contributed by atoms with Crippen LogP contribution >= 0.6 is 0 Å². The second-order valence-electron chi connectivity index (χ2n) is 8.22. The van der Waals surface area contributed by atoms with E-state index in [1.807, 2.05) is 19.1 Å². The number of Topliss-reactive ketones (excluding diaryl/α,β-unsaturated/α-hetero) is 1. The number of hydrogen-bond donors (Lipinski definition) is 1. The monoisotopic (exact) mass is 326 g/mol. The second kappa shape index (κ2) is 6.06. The van der Waals surface area contributed by atoms with Crippen molar-refractivity contribution in [2.75, 3.05) is 0 Å².